The summed E-state index contributed by atoms with van der Waals surface area (Å²) in [5, 5.41) is 2.88. The van der Waals surface area contributed by atoms with Gasteiger partial charge in [-0.2, -0.15) is 0 Å². The van der Waals surface area contributed by atoms with E-state index in [0.29, 0.717) is 11.4 Å². The summed E-state index contributed by atoms with van der Waals surface area (Å²) in [6.07, 6.45) is 0.788. The maximum absolute atomic E-state index is 10.9. The fourth-order valence-corrected chi connectivity index (χ4v) is 1.04. The fourth-order valence-electron chi connectivity index (χ4n) is 1.04. The highest BCUT2D eigenvalue weighted by Crippen LogP contribution is 2.09. The summed E-state index contributed by atoms with van der Waals surface area (Å²) in [7, 11) is 1.76. The van der Waals surface area contributed by atoms with Crippen LogP contribution in [0.4, 0.5) is 5.82 Å². The van der Waals surface area contributed by atoms with E-state index < -0.39 is 5.91 Å². The Morgan fingerprint density at radius 1 is 1.62 bits per heavy atom. The first kappa shape index (κ1) is 9.51. The van der Waals surface area contributed by atoms with E-state index in [-0.39, 0.29) is 0 Å². The Bertz CT molecular complexity index is 300. The van der Waals surface area contributed by atoms with Crippen LogP contribution >= 0.6 is 0 Å². The van der Waals surface area contributed by atoms with Crippen molar-refractivity contribution in [2.24, 2.45) is 5.73 Å². The molecule has 1 aromatic rings. The highest BCUT2D eigenvalue weighted by Gasteiger charge is 2.04. The maximum Gasteiger partial charge on any atom is 0.248 e. The molecule has 4 heteroatoms. The molecule has 1 heterocycles. The SMILES string of the molecule is CCc1cc(C(N)=O)cc(NC)n1. The van der Waals surface area contributed by atoms with Gasteiger partial charge in [0, 0.05) is 18.3 Å². The second-order valence-corrected chi connectivity index (χ2v) is 2.70. The molecule has 0 aliphatic rings. The summed E-state index contributed by atoms with van der Waals surface area (Å²) in [6.45, 7) is 1.98. The van der Waals surface area contributed by atoms with Gasteiger partial charge < -0.3 is 11.1 Å². The van der Waals surface area contributed by atoms with Crippen LogP contribution in [0.5, 0.6) is 0 Å². The normalized spacial score (nSPS) is 9.69. The maximum atomic E-state index is 10.9. The monoisotopic (exact) mass is 179 g/mol. The lowest BCUT2D eigenvalue weighted by molar-refractivity contribution is 0.1000. The number of rotatable bonds is 3. The lowest BCUT2D eigenvalue weighted by Gasteiger charge is -2.04. The number of carbonyl (C=O) groups excluding carboxylic acids is 1. The standard InChI is InChI=1S/C9H13N3O/c1-3-7-4-6(9(10)13)5-8(11-2)12-7/h4-5H,3H2,1-2H3,(H2,10,13)(H,11,12). The van der Waals surface area contributed by atoms with Gasteiger partial charge in [0.25, 0.3) is 0 Å². The summed E-state index contributed by atoms with van der Waals surface area (Å²) in [5.41, 5.74) is 6.52. The van der Waals surface area contributed by atoms with Gasteiger partial charge in [-0.1, -0.05) is 6.92 Å². The van der Waals surface area contributed by atoms with E-state index in [1.165, 1.54) is 0 Å². The van der Waals surface area contributed by atoms with Crippen LogP contribution in [0.15, 0.2) is 12.1 Å². The number of nitrogens with two attached hydrogens (primary N) is 1. The Morgan fingerprint density at radius 3 is 2.77 bits per heavy atom. The molecule has 0 aliphatic carbocycles. The predicted octanol–water partition coefficient (Wildman–Crippen LogP) is 0.785. The molecule has 0 atom stereocenters. The highest BCUT2D eigenvalue weighted by molar-refractivity contribution is 5.93. The number of nitrogens with one attached hydrogen (secondary N) is 1. The molecule has 0 unspecified atom stereocenters. The second-order valence-electron chi connectivity index (χ2n) is 2.70. The van der Waals surface area contributed by atoms with Crippen LogP contribution in [0, 0.1) is 0 Å². The van der Waals surface area contributed by atoms with E-state index in [9.17, 15) is 4.79 Å². The number of hydrogen-bond donors (Lipinski definition) is 2. The van der Waals surface area contributed by atoms with Crippen molar-refractivity contribution in [3.8, 4) is 0 Å². The van der Waals surface area contributed by atoms with Gasteiger partial charge in [0.15, 0.2) is 0 Å². The minimum atomic E-state index is -0.423. The van der Waals surface area contributed by atoms with Crippen LogP contribution < -0.4 is 11.1 Å². The highest BCUT2D eigenvalue weighted by atomic mass is 16.1. The summed E-state index contributed by atoms with van der Waals surface area (Å²) in [6, 6.07) is 3.35. The zero-order valence-corrected chi connectivity index (χ0v) is 7.79. The van der Waals surface area contributed by atoms with Gasteiger partial charge in [0.1, 0.15) is 5.82 Å². The lowest BCUT2D eigenvalue weighted by atomic mass is 10.2. The van der Waals surface area contributed by atoms with Crippen LogP contribution in [0.25, 0.3) is 0 Å². The molecule has 1 amide bonds. The average Bonchev–Trinajstić information content (AvgIpc) is 2.16. The smallest absolute Gasteiger partial charge is 0.248 e. The molecule has 13 heavy (non-hydrogen) atoms. The van der Waals surface area contributed by atoms with E-state index in [0.717, 1.165) is 12.1 Å². The third-order valence-corrected chi connectivity index (χ3v) is 1.78. The van der Waals surface area contributed by atoms with Crippen LogP contribution in [0.1, 0.15) is 23.0 Å². The predicted molar refractivity (Wildman–Crippen MR) is 51.7 cm³/mol. The molecule has 0 radical (unpaired) electrons. The molecule has 4 nitrogen and oxygen atoms in total. The molecule has 0 bridgehead atoms. The largest absolute Gasteiger partial charge is 0.373 e. The van der Waals surface area contributed by atoms with Crippen molar-refractivity contribution in [2.75, 3.05) is 12.4 Å². The Kier molecular flexibility index (Phi) is 2.84. The van der Waals surface area contributed by atoms with Gasteiger partial charge in [-0.3, -0.25) is 4.79 Å². The van der Waals surface area contributed by atoms with E-state index in [1.54, 1.807) is 19.2 Å². The fraction of sp³-hybridized carbons (Fsp3) is 0.333. The van der Waals surface area contributed by atoms with Crippen molar-refractivity contribution >= 4 is 11.7 Å². The summed E-state index contributed by atoms with van der Waals surface area (Å²) in [5.74, 6) is 0.252. The van der Waals surface area contributed by atoms with Crippen LogP contribution in [-0.4, -0.2) is 17.9 Å². The first-order chi connectivity index (χ1) is 6.17. The minimum Gasteiger partial charge on any atom is -0.373 e. The third kappa shape index (κ3) is 2.18. The van der Waals surface area contributed by atoms with Crippen molar-refractivity contribution in [3.05, 3.63) is 23.4 Å². The van der Waals surface area contributed by atoms with Crippen molar-refractivity contribution in [2.45, 2.75) is 13.3 Å². The molecular weight excluding hydrogens is 166 g/mol. The van der Waals surface area contributed by atoms with E-state index in [2.05, 4.69) is 10.3 Å². The van der Waals surface area contributed by atoms with Crippen molar-refractivity contribution in [1.29, 1.82) is 0 Å². The summed E-state index contributed by atoms with van der Waals surface area (Å²) in [4.78, 5) is 15.1. The number of primary amides is 1. The number of pyridine rings is 1. The quantitative estimate of drug-likeness (QED) is 0.720. The van der Waals surface area contributed by atoms with Crippen LogP contribution in [0.3, 0.4) is 0 Å². The Morgan fingerprint density at radius 2 is 2.31 bits per heavy atom. The summed E-state index contributed by atoms with van der Waals surface area (Å²) >= 11 is 0. The third-order valence-electron chi connectivity index (χ3n) is 1.78. The van der Waals surface area contributed by atoms with Gasteiger partial charge in [-0.25, -0.2) is 4.98 Å². The van der Waals surface area contributed by atoms with E-state index >= 15 is 0 Å². The molecule has 0 aromatic carbocycles. The van der Waals surface area contributed by atoms with Gasteiger partial charge in [0.2, 0.25) is 5.91 Å². The minimum absolute atomic E-state index is 0.423. The molecule has 0 aliphatic heterocycles. The van der Waals surface area contributed by atoms with Crippen molar-refractivity contribution in [3.63, 3.8) is 0 Å². The zero-order chi connectivity index (χ0) is 9.84. The molecule has 70 valence electrons. The number of hydrogen-bond acceptors (Lipinski definition) is 3. The lowest BCUT2D eigenvalue weighted by Crippen LogP contribution is -2.12. The molecule has 0 spiro atoms. The van der Waals surface area contributed by atoms with Gasteiger partial charge in [0.05, 0.1) is 0 Å². The van der Waals surface area contributed by atoms with E-state index in [4.69, 9.17) is 5.73 Å². The molecule has 3 N–H and O–H groups in total. The molecular formula is C9H13N3O. The van der Waals surface area contributed by atoms with Gasteiger partial charge in [-0.05, 0) is 18.6 Å². The number of anilines is 1. The Labute approximate surface area is 77.2 Å². The van der Waals surface area contributed by atoms with Crippen LogP contribution in [-0.2, 0) is 6.42 Å². The number of nitrogens with zero attached hydrogens (tertiary/aromatic N) is 1. The Hall–Kier alpha value is -1.58. The summed E-state index contributed by atoms with van der Waals surface area (Å²) < 4.78 is 0. The second kappa shape index (κ2) is 3.89. The number of carbonyl (C=O) groups is 1. The zero-order valence-electron chi connectivity index (χ0n) is 7.79. The van der Waals surface area contributed by atoms with E-state index in [1.807, 2.05) is 6.92 Å². The van der Waals surface area contributed by atoms with Gasteiger partial charge >= 0.3 is 0 Å². The first-order valence-electron chi connectivity index (χ1n) is 4.16. The first-order valence-corrected chi connectivity index (χ1v) is 4.16. The van der Waals surface area contributed by atoms with Crippen molar-refractivity contribution in [1.82, 2.24) is 4.98 Å². The topological polar surface area (TPSA) is 68.0 Å². The Balaban J connectivity index is 3.14. The van der Waals surface area contributed by atoms with Crippen molar-refractivity contribution < 1.29 is 4.79 Å². The van der Waals surface area contributed by atoms with Crippen LogP contribution in [0.2, 0.25) is 0 Å². The molecule has 0 saturated heterocycles. The number of aryl methyl sites for hydroxylation is 1. The molecule has 0 saturated carbocycles. The number of aromatic nitrogens is 1. The van der Waals surface area contributed by atoms with Gasteiger partial charge in [-0.15, -0.1) is 0 Å². The number of amides is 1. The average molecular weight is 179 g/mol. The molecule has 1 rings (SSSR count). The molecule has 0 fully saturated rings. The molecule has 1 aromatic heterocycles.